The summed E-state index contributed by atoms with van der Waals surface area (Å²) in [6.45, 7) is 5.26. The second-order valence-corrected chi connectivity index (χ2v) is 6.47. The summed E-state index contributed by atoms with van der Waals surface area (Å²) in [6, 6.07) is 6.51. The predicted molar refractivity (Wildman–Crippen MR) is 107 cm³/mol. The van der Waals surface area contributed by atoms with Crippen molar-refractivity contribution in [3.05, 3.63) is 30.1 Å². The molecule has 2 saturated heterocycles. The lowest BCUT2D eigenvalue weighted by Crippen LogP contribution is -2.47. The molecule has 1 aromatic rings. The monoisotopic (exact) mass is 463 g/mol. The number of rotatable bonds is 6. The Labute approximate surface area is 165 Å². The van der Waals surface area contributed by atoms with Crippen molar-refractivity contribution in [2.75, 3.05) is 13.1 Å². The largest absolute Gasteiger partial charge is 0.489 e. The summed E-state index contributed by atoms with van der Waals surface area (Å²) in [5.41, 5.74) is 0. The SMILES string of the molecule is CCNC(=NCC(C)Oc1cccc(F)c1)NC1CC2CCC1O2.I. The Morgan fingerprint density at radius 1 is 1.44 bits per heavy atom. The number of benzene rings is 1. The molecule has 4 unspecified atom stereocenters. The average molecular weight is 463 g/mol. The first kappa shape index (κ1) is 20.2. The van der Waals surface area contributed by atoms with Gasteiger partial charge in [-0.1, -0.05) is 6.07 Å². The van der Waals surface area contributed by atoms with Gasteiger partial charge in [-0.25, -0.2) is 9.38 Å². The Bertz CT molecular complexity index is 587. The van der Waals surface area contributed by atoms with Crippen LogP contribution in [0.25, 0.3) is 0 Å². The fourth-order valence-electron chi connectivity index (χ4n) is 3.32. The molecule has 140 valence electrons. The quantitative estimate of drug-likeness (QED) is 0.387. The van der Waals surface area contributed by atoms with E-state index in [1.165, 1.54) is 18.6 Å². The molecule has 0 radical (unpaired) electrons. The first-order valence-corrected chi connectivity index (χ1v) is 8.76. The number of hydrogen-bond acceptors (Lipinski definition) is 3. The highest BCUT2D eigenvalue weighted by Gasteiger charge is 2.41. The standard InChI is InChI=1S/C18H26FN3O2.HI/c1-3-20-18(22-16-10-15-7-8-17(16)24-15)21-11-12(2)23-14-6-4-5-13(19)9-14;/h4-6,9,12,15-17H,3,7-8,10-11H2,1-2H3,(H2,20,21,22);1H. The molecular formula is C18H27FIN3O2. The zero-order chi connectivity index (χ0) is 16.9. The molecule has 2 bridgehead atoms. The van der Waals surface area contributed by atoms with Crippen LogP contribution in [-0.4, -0.2) is 43.4 Å². The topological polar surface area (TPSA) is 54.9 Å². The van der Waals surface area contributed by atoms with Crippen LogP contribution in [0.1, 0.15) is 33.1 Å². The summed E-state index contributed by atoms with van der Waals surface area (Å²) >= 11 is 0. The second kappa shape index (κ2) is 9.56. The van der Waals surface area contributed by atoms with Gasteiger partial charge in [0.15, 0.2) is 5.96 Å². The van der Waals surface area contributed by atoms with E-state index in [4.69, 9.17) is 9.47 Å². The molecule has 5 nitrogen and oxygen atoms in total. The Morgan fingerprint density at radius 3 is 2.92 bits per heavy atom. The maximum absolute atomic E-state index is 13.2. The van der Waals surface area contributed by atoms with Crippen LogP contribution in [-0.2, 0) is 4.74 Å². The molecule has 7 heteroatoms. The van der Waals surface area contributed by atoms with Gasteiger partial charge in [-0.2, -0.15) is 0 Å². The van der Waals surface area contributed by atoms with Crippen LogP contribution >= 0.6 is 24.0 Å². The number of halogens is 2. The van der Waals surface area contributed by atoms with Gasteiger partial charge in [-0.3, -0.25) is 0 Å². The molecule has 0 spiro atoms. The van der Waals surface area contributed by atoms with E-state index in [-0.39, 0.29) is 35.9 Å². The zero-order valence-corrected chi connectivity index (χ0v) is 17.0. The van der Waals surface area contributed by atoms with Gasteiger partial charge >= 0.3 is 0 Å². The molecule has 2 N–H and O–H groups in total. The highest BCUT2D eigenvalue weighted by Crippen LogP contribution is 2.34. The van der Waals surface area contributed by atoms with Crippen molar-refractivity contribution in [3.8, 4) is 5.75 Å². The molecule has 2 aliphatic heterocycles. The van der Waals surface area contributed by atoms with Crippen molar-refractivity contribution in [1.29, 1.82) is 0 Å². The van der Waals surface area contributed by atoms with Gasteiger partial charge in [0.1, 0.15) is 17.7 Å². The zero-order valence-electron chi connectivity index (χ0n) is 14.7. The molecule has 3 rings (SSSR count). The summed E-state index contributed by atoms with van der Waals surface area (Å²) in [5.74, 6) is 1.01. The van der Waals surface area contributed by atoms with Crippen LogP contribution in [0, 0.1) is 5.82 Å². The number of hydrogen-bond donors (Lipinski definition) is 2. The predicted octanol–water partition coefficient (Wildman–Crippen LogP) is 3.09. The minimum absolute atomic E-state index is 0. The van der Waals surface area contributed by atoms with Crippen molar-refractivity contribution < 1.29 is 13.9 Å². The second-order valence-electron chi connectivity index (χ2n) is 6.47. The van der Waals surface area contributed by atoms with E-state index in [0.29, 0.717) is 30.5 Å². The van der Waals surface area contributed by atoms with Gasteiger partial charge in [0, 0.05) is 12.6 Å². The smallest absolute Gasteiger partial charge is 0.191 e. The summed E-state index contributed by atoms with van der Waals surface area (Å²) in [5, 5.41) is 6.74. The van der Waals surface area contributed by atoms with E-state index in [1.807, 2.05) is 13.8 Å². The molecule has 0 aromatic heterocycles. The van der Waals surface area contributed by atoms with Gasteiger partial charge < -0.3 is 20.1 Å². The van der Waals surface area contributed by atoms with Crippen molar-refractivity contribution in [2.45, 2.75) is 57.5 Å². The maximum atomic E-state index is 13.2. The van der Waals surface area contributed by atoms with Crippen LogP contribution in [0.5, 0.6) is 5.75 Å². The number of nitrogens with one attached hydrogen (secondary N) is 2. The van der Waals surface area contributed by atoms with Gasteiger partial charge in [0.05, 0.1) is 24.8 Å². The normalized spacial score (nSPS) is 26.0. The Kier molecular flexibility index (Phi) is 7.74. The molecule has 2 aliphatic rings. The number of aliphatic imine (C=N–C) groups is 1. The number of ether oxygens (including phenoxy) is 2. The lowest BCUT2D eigenvalue weighted by atomic mass is 9.96. The first-order valence-electron chi connectivity index (χ1n) is 8.76. The summed E-state index contributed by atoms with van der Waals surface area (Å²) < 4.78 is 24.8. The van der Waals surface area contributed by atoms with Crippen LogP contribution in [0.2, 0.25) is 0 Å². The maximum Gasteiger partial charge on any atom is 0.191 e. The summed E-state index contributed by atoms with van der Waals surface area (Å²) in [4.78, 5) is 4.60. The Morgan fingerprint density at radius 2 is 2.28 bits per heavy atom. The van der Waals surface area contributed by atoms with E-state index < -0.39 is 0 Å². The lowest BCUT2D eigenvalue weighted by Gasteiger charge is -2.23. The summed E-state index contributed by atoms with van der Waals surface area (Å²) in [6.07, 6.45) is 3.92. The molecule has 2 heterocycles. The van der Waals surface area contributed by atoms with Gasteiger partial charge in [0.2, 0.25) is 0 Å². The third-order valence-corrected chi connectivity index (χ3v) is 4.41. The van der Waals surface area contributed by atoms with Crippen molar-refractivity contribution in [2.24, 2.45) is 4.99 Å². The Balaban J connectivity index is 0.00000225. The van der Waals surface area contributed by atoms with Gasteiger partial charge in [-0.15, -0.1) is 24.0 Å². The minimum atomic E-state index is -0.297. The fraction of sp³-hybridized carbons (Fsp3) is 0.611. The van der Waals surface area contributed by atoms with E-state index >= 15 is 0 Å². The number of nitrogens with zero attached hydrogens (tertiary/aromatic N) is 1. The molecule has 1 aromatic carbocycles. The van der Waals surface area contributed by atoms with Crippen LogP contribution < -0.4 is 15.4 Å². The van der Waals surface area contributed by atoms with E-state index in [2.05, 4.69) is 15.6 Å². The van der Waals surface area contributed by atoms with E-state index in [0.717, 1.165) is 25.3 Å². The minimum Gasteiger partial charge on any atom is -0.489 e. The van der Waals surface area contributed by atoms with Crippen LogP contribution in [0.4, 0.5) is 4.39 Å². The number of guanidine groups is 1. The van der Waals surface area contributed by atoms with E-state index in [9.17, 15) is 4.39 Å². The Hall–Kier alpha value is -1.09. The third kappa shape index (κ3) is 5.70. The van der Waals surface area contributed by atoms with Crippen molar-refractivity contribution in [3.63, 3.8) is 0 Å². The summed E-state index contributed by atoms with van der Waals surface area (Å²) in [7, 11) is 0. The first-order chi connectivity index (χ1) is 11.6. The fourth-order valence-corrected chi connectivity index (χ4v) is 3.32. The number of fused-ring (bicyclic) bond motifs is 2. The highest BCUT2D eigenvalue weighted by atomic mass is 127. The van der Waals surface area contributed by atoms with E-state index in [1.54, 1.807) is 12.1 Å². The molecular weight excluding hydrogens is 436 g/mol. The molecule has 4 atom stereocenters. The molecule has 0 aliphatic carbocycles. The van der Waals surface area contributed by atoms with Crippen molar-refractivity contribution >= 4 is 29.9 Å². The highest BCUT2D eigenvalue weighted by molar-refractivity contribution is 14.0. The third-order valence-electron chi connectivity index (χ3n) is 4.41. The molecule has 25 heavy (non-hydrogen) atoms. The molecule has 0 amide bonds. The van der Waals surface area contributed by atoms with Gasteiger partial charge in [0.25, 0.3) is 0 Å². The van der Waals surface area contributed by atoms with Crippen LogP contribution in [0.3, 0.4) is 0 Å². The van der Waals surface area contributed by atoms with Gasteiger partial charge in [-0.05, 0) is 45.2 Å². The lowest BCUT2D eigenvalue weighted by molar-refractivity contribution is 0.0992. The van der Waals surface area contributed by atoms with Crippen molar-refractivity contribution in [1.82, 2.24) is 10.6 Å². The average Bonchev–Trinajstić information content (AvgIpc) is 3.15. The molecule has 0 saturated carbocycles. The molecule has 2 fully saturated rings. The van der Waals surface area contributed by atoms with Crippen LogP contribution in [0.15, 0.2) is 29.3 Å².